The number of anilines is 2. The summed E-state index contributed by atoms with van der Waals surface area (Å²) in [6.07, 6.45) is 0.897. The fraction of sp³-hybridized carbons (Fsp3) is 0.321. The molecule has 7 heteroatoms. The maximum atomic E-state index is 12.8. The summed E-state index contributed by atoms with van der Waals surface area (Å²) in [6, 6.07) is 18.4. The lowest BCUT2D eigenvalue weighted by atomic mass is 9.72. The number of aromatic hydroxyl groups is 1. The third kappa shape index (κ3) is 5.62. The number of nitrogens with one attached hydrogen (secondary N) is 2. The zero-order chi connectivity index (χ0) is 25.4. The molecule has 7 nitrogen and oxygen atoms in total. The molecule has 3 N–H and O–H groups in total. The molecule has 3 aromatic carbocycles. The van der Waals surface area contributed by atoms with Gasteiger partial charge in [-0.05, 0) is 66.1 Å². The van der Waals surface area contributed by atoms with Gasteiger partial charge in [-0.3, -0.25) is 0 Å². The molecule has 4 aromatic rings. The van der Waals surface area contributed by atoms with E-state index in [4.69, 9.17) is 0 Å². The Labute approximate surface area is 206 Å². The molecule has 4 rings (SSSR count). The monoisotopic (exact) mass is 471 g/mol. The number of rotatable bonds is 5. The van der Waals surface area contributed by atoms with Crippen LogP contribution in [0.1, 0.15) is 52.2 Å². The summed E-state index contributed by atoms with van der Waals surface area (Å²) in [6.45, 7) is 12.9. The molecule has 0 saturated heterocycles. The lowest BCUT2D eigenvalue weighted by Crippen LogP contribution is -2.26. The van der Waals surface area contributed by atoms with Crippen LogP contribution in [0.25, 0.3) is 16.7 Å². The van der Waals surface area contributed by atoms with Crippen molar-refractivity contribution in [3.05, 3.63) is 71.8 Å². The molecule has 35 heavy (non-hydrogen) atoms. The molecule has 0 bridgehead atoms. The smallest absolute Gasteiger partial charge is 0.323 e. The number of aryl methyl sites for hydroxylation is 1. The molecule has 1 heterocycles. The van der Waals surface area contributed by atoms with Crippen molar-refractivity contribution in [3.8, 4) is 11.4 Å². The minimum absolute atomic E-state index is 0.0799. The van der Waals surface area contributed by atoms with Gasteiger partial charge in [-0.1, -0.05) is 64.4 Å². The highest BCUT2D eigenvalue weighted by atomic mass is 16.3. The Balaban J connectivity index is 1.76. The van der Waals surface area contributed by atoms with Crippen LogP contribution in [0.5, 0.6) is 5.75 Å². The molecular formula is C28H33N5O2. The number of aromatic nitrogens is 3. The summed E-state index contributed by atoms with van der Waals surface area (Å²) in [4.78, 5) is 14.3. The number of fused-ring (bicyclic) bond motifs is 1. The Morgan fingerprint density at radius 3 is 2.09 bits per heavy atom. The number of carbonyl (C=O) groups excluding carboxylic acids is 1. The van der Waals surface area contributed by atoms with Gasteiger partial charge in [0.05, 0.1) is 5.69 Å². The predicted octanol–water partition coefficient (Wildman–Crippen LogP) is 6.79. The van der Waals surface area contributed by atoms with Crippen LogP contribution in [0.3, 0.4) is 0 Å². The van der Waals surface area contributed by atoms with Crippen molar-refractivity contribution in [1.82, 2.24) is 15.0 Å². The number of phenolic OH excluding ortho intramolecular Hbond substituents is 1. The average Bonchev–Trinajstić information content (AvgIpc) is 3.19. The largest absolute Gasteiger partial charge is 0.504 e. The summed E-state index contributed by atoms with van der Waals surface area (Å²) in [5.74, 6) is -0.0975. The number of urea groups is 1. The van der Waals surface area contributed by atoms with E-state index in [2.05, 4.69) is 55.4 Å². The molecule has 0 spiro atoms. The van der Waals surface area contributed by atoms with E-state index in [0.717, 1.165) is 28.6 Å². The van der Waals surface area contributed by atoms with Crippen LogP contribution >= 0.6 is 0 Å². The Kier molecular flexibility index (Phi) is 6.28. The Bertz CT molecular complexity index is 1330. The van der Waals surface area contributed by atoms with Crippen LogP contribution in [0.15, 0.2) is 60.7 Å². The first-order valence-electron chi connectivity index (χ1n) is 11.8. The highest BCUT2D eigenvalue weighted by molar-refractivity contribution is 6.01. The molecule has 0 atom stereocenters. The maximum Gasteiger partial charge on any atom is 0.323 e. The van der Waals surface area contributed by atoms with Crippen molar-refractivity contribution >= 4 is 28.4 Å². The van der Waals surface area contributed by atoms with Gasteiger partial charge in [0.25, 0.3) is 0 Å². The van der Waals surface area contributed by atoms with Crippen molar-refractivity contribution in [2.45, 2.75) is 53.4 Å². The molecule has 0 saturated carbocycles. The highest BCUT2D eigenvalue weighted by Crippen LogP contribution is 2.41. The second-order valence-corrected chi connectivity index (χ2v) is 10.9. The molecule has 182 valence electrons. The summed E-state index contributed by atoms with van der Waals surface area (Å²) in [5, 5.41) is 26.0. The molecule has 2 amide bonds. The first-order valence-corrected chi connectivity index (χ1v) is 11.8. The van der Waals surface area contributed by atoms with Gasteiger partial charge in [0, 0.05) is 5.69 Å². The van der Waals surface area contributed by atoms with Gasteiger partial charge >= 0.3 is 6.03 Å². The van der Waals surface area contributed by atoms with Crippen LogP contribution in [-0.2, 0) is 5.41 Å². The lowest BCUT2D eigenvalue weighted by molar-refractivity contribution is 0.262. The lowest BCUT2D eigenvalue weighted by Gasteiger charge is -2.33. The van der Waals surface area contributed by atoms with Gasteiger partial charge in [-0.2, -0.15) is 0 Å². The molecule has 1 aromatic heterocycles. The molecule has 0 unspecified atom stereocenters. The van der Waals surface area contributed by atoms with Crippen molar-refractivity contribution in [2.75, 3.05) is 10.6 Å². The van der Waals surface area contributed by atoms with E-state index in [1.807, 2.05) is 67.6 Å². The van der Waals surface area contributed by atoms with E-state index in [-0.39, 0.29) is 16.6 Å². The normalized spacial score (nSPS) is 12.1. The number of amides is 2. The van der Waals surface area contributed by atoms with E-state index < -0.39 is 6.03 Å². The summed E-state index contributed by atoms with van der Waals surface area (Å²) in [5.41, 5.74) is 4.72. The topological polar surface area (TPSA) is 92.1 Å². The maximum absolute atomic E-state index is 12.8. The second-order valence-electron chi connectivity index (χ2n) is 10.9. The number of carbonyl (C=O) groups is 1. The third-order valence-electron chi connectivity index (χ3n) is 5.90. The van der Waals surface area contributed by atoms with Crippen LogP contribution < -0.4 is 10.6 Å². The van der Waals surface area contributed by atoms with Crippen LogP contribution in [0.2, 0.25) is 0 Å². The molecule has 0 fully saturated rings. The van der Waals surface area contributed by atoms with Crippen LogP contribution in [-0.4, -0.2) is 26.1 Å². The summed E-state index contributed by atoms with van der Waals surface area (Å²) in [7, 11) is 0. The predicted molar refractivity (Wildman–Crippen MR) is 141 cm³/mol. The average molecular weight is 472 g/mol. The number of phenols is 1. The Hall–Kier alpha value is -3.87. The standard InChI is InChI=1S/C28H33N5O2/c1-18-11-13-20(14-12-18)29-26(35)30-23-15-19(28(5,6)17-27(2,3)4)16-24(25(23)34)33-31-21-9-7-8-10-22(21)32-33/h7-16,34H,17H2,1-6H3,(H2,29,30,35). The molecule has 0 aliphatic carbocycles. The number of hydrogen-bond donors (Lipinski definition) is 3. The molecular weight excluding hydrogens is 438 g/mol. The van der Waals surface area contributed by atoms with Crippen LogP contribution in [0, 0.1) is 12.3 Å². The number of benzene rings is 3. The number of nitrogens with zero attached hydrogens (tertiary/aromatic N) is 3. The van der Waals surface area contributed by atoms with Crippen molar-refractivity contribution in [2.24, 2.45) is 5.41 Å². The van der Waals surface area contributed by atoms with Crippen molar-refractivity contribution in [3.63, 3.8) is 0 Å². The zero-order valence-electron chi connectivity index (χ0n) is 21.2. The molecule has 0 radical (unpaired) electrons. The quantitative estimate of drug-likeness (QED) is 0.279. The molecule has 0 aliphatic rings. The van der Waals surface area contributed by atoms with Crippen molar-refractivity contribution < 1.29 is 9.90 Å². The number of hydrogen-bond acceptors (Lipinski definition) is 4. The third-order valence-corrected chi connectivity index (χ3v) is 5.90. The van der Waals surface area contributed by atoms with Crippen LogP contribution in [0.4, 0.5) is 16.2 Å². The van der Waals surface area contributed by atoms with E-state index in [9.17, 15) is 9.90 Å². The Morgan fingerprint density at radius 2 is 1.51 bits per heavy atom. The van der Waals surface area contributed by atoms with E-state index >= 15 is 0 Å². The summed E-state index contributed by atoms with van der Waals surface area (Å²) < 4.78 is 0. The fourth-order valence-electron chi connectivity index (χ4n) is 4.57. The SMILES string of the molecule is Cc1ccc(NC(=O)Nc2cc(C(C)(C)CC(C)(C)C)cc(-n3nc4ccccc4n3)c2O)cc1. The summed E-state index contributed by atoms with van der Waals surface area (Å²) >= 11 is 0. The van der Waals surface area contributed by atoms with Gasteiger partial charge < -0.3 is 15.7 Å². The van der Waals surface area contributed by atoms with E-state index in [0.29, 0.717) is 17.1 Å². The van der Waals surface area contributed by atoms with E-state index in [1.165, 1.54) is 4.80 Å². The van der Waals surface area contributed by atoms with Gasteiger partial charge in [-0.25, -0.2) is 4.79 Å². The highest BCUT2D eigenvalue weighted by Gasteiger charge is 2.30. The van der Waals surface area contributed by atoms with Gasteiger partial charge in [0.1, 0.15) is 16.7 Å². The molecule has 0 aliphatic heterocycles. The Morgan fingerprint density at radius 1 is 0.914 bits per heavy atom. The van der Waals surface area contributed by atoms with E-state index in [1.54, 1.807) is 0 Å². The minimum Gasteiger partial charge on any atom is -0.504 e. The van der Waals surface area contributed by atoms with Gasteiger partial charge in [0.15, 0.2) is 5.75 Å². The zero-order valence-corrected chi connectivity index (χ0v) is 21.2. The van der Waals surface area contributed by atoms with Crippen molar-refractivity contribution in [1.29, 1.82) is 0 Å². The first kappa shape index (κ1) is 24.3. The van der Waals surface area contributed by atoms with Gasteiger partial charge in [0.2, 0.25) is 0 Å². The second kappa shape index (κ2) is 9.06. The first-order chi connectivity index (χ1) is 16.4. The van der Waals surface area contributed by atoms with Gasteiger partial charge in [-0.15, -0.1) is 15.0 Å². The fourth-order valence-corrected chi connectivity index (χ4v) is 4.57. The minimum atomic E-state index is -0.445.